The second-order valence-electron chi connectivity index (χ2n) is 5.51. The van der Waals surface area contributed by atoms with Crippen LogP contribution in [0.4, 0.5) is 5.69 Å². The molecule has 3 heterocycles. The Labute approximate surface area is 136 Å². The van der Waals surface area contributed by atoms with Crippen LogP contribution < -0.4 is 15.4 Å². The lowest BCUT2D eigenvalue weighted by Gasteiger charge is -2.35. The maximum absolute atomic E-state index is 12.9. The number of methoxy groups -OCH3 is 1. The highest BCUT2D eigenvalue weighted by Gasteiger charge is 2.59. The number of carbonyl (C=O) groups is 2. The minimum atomic E-state index is -1.14. The summed E-state index contributed by atoms with van der Waals surface area (Å²) in [6, 6.07) is 5.39. The number of fused-ring (bicyclic) bond motifs is 4. The van der Waals surface area contributed by atoms with Gasteiger partial charge in [-0.05, 0) is 31.2 Å². The van der Waals surface area contributed by atoms with Crippen molar-refractivity contribution in [1.29, 1.82) is 0 Å². The molecule has 0 radical (unpaired) electrons. The van der Waals surface area contributed by atoms with E-state index < -0.39 is 11.0 Å². The van der Waals surface area contributed by atoms with Gasteiger partial charge in [-0.25, -0.2) is 0 Å². The Hall–Kier alpha value is -2.19. The van der Waals surface area contributed by atoms with Gasteiger partial charge < -0.3 is 20.2 Å². The maximum atomic E-state index is 12.9. The van der Waals surface area contributed by atoms with Crippen molar-refractivity contribution in [2.75, 3.05) is 18.2 Å². The smallest absolute Gasteiger partial charge is 0.263 e. The van der Waals surface area contributed by atoms with Crippen LogP contribution in [0.1, 0.15) is 12.5 Å². The van der Waals surface area contributed by atoms with Gasteiger partial charge in [-0.15, -0.1) is 11.8 Å². The Balaban J connectivity index is 1.89. The normalized spacial score (nSPS) is 29.1. The number of thioether (sulfide) groups is 1. The molecule has 4 rings (SSSR count). The fraction of sp³-hybridized carbons (Fsp3) is 0.333. The predicted octanol–water partition coefficient (Wildman–Crippen LogP) is 1.14. The topological polar surface area (TPSA) is 79.9 Å². The van der Waals surface area contributed by atoms with Gasteiger partial charge in [-0.1, -0.05) is 5.06 Å². The van der Waals surface area contributed by atoms with E-state index in [-0.39, 0.29) is 17.6 Å². The zero-order valence-electron chi connectivity index (χ0n) is 12.6. The fourth-order valence-electron chi connectivity index (χ4n) is 3.06. The number of hydrogen-bond donors (Lipinski definition) is 2. The number of rotatable bonds is 1. The SMILES string of the molecule is COc1ccc2c(c1)C1(SCC(=O)NC3C=C(C)ON31)C(=O)N2. The van der Waals surface area contributed by atoms with Gasteiger partial charge in [-0.3, -0.25) is 9.59 Å². The molecule has 1 aromatic rings. The summed E-state index contributed by atoms with van der Waals surface area (Å²) in [6.07, 6.45) is 1.30. The molecule has 0 aromatic heterocycles. The molecule has 8 heteroatoms. The molecule has 2 atom stereocenters. The molecule has 0 saturated carbocycles. The molecule has 1 saturated heterocycles. The van der Waals surface area contributed by atoms with Crippen molar-refractivity contribution in [1.82, 2.24) is 10.4 Å². The Kier molecular flexibility index (Phi) is 3.07. The highest BCUT2D eigenvalue weighted by molar-refractivity contribution is 8.01. The third-order valence-electron chi connectivity index (χ3n) is 4.07. The zero-order chi connectivity index (χ0) is 16.2. The molecule has 0 bridgehead atoms. The van der Waals surface area contributed by atoms with E-state index in [1.165, 1.54) is 11.8 Å². The van der Waals surface area contributed by atoms with Crippen LogP contribution in [0.5, 0.6) is 5.75 Å². The lowest BCUT2D eigenvalue weighted by atomic mass is 10.1. The number of benzene rings is 1. The summed E-state index contributed by atoms with van der Waals surface area (Å²) >= 11 is 1.24. The molecule has 3 aliphatic heterocycles. The van der Waals surface area contributed by atoms with Crippen LogP contribution in [0.25, 0.3) is 0 Å². The van der Waals surface area contributed by atoms with Gasteiger partial charge in [-0.2, -0.15) is 0 Å². The number of hydrogen-bond acceptors (Lipinski definition) is 6. The Bertz CT molecular complexity index is 750. The predicted molar refractivity (Wildman–Crippen MR) is 84.4 cm³/mol. The second-order valence-corrected chi connectivity index (χ2v) is 6.67. The molecule has 2 amide bonds. The van der Waals surface area contributed by atoms with Crippen LogP contribution in [0, 0.1) is 0 Å². The van der Waals surface area contributed by atoms with Crippen LogP contribution in [0.15, 0.2) is 30.0 Å². The Morgan fingerprint density at radius 3 is 3.04 bits per heavy atom. The van der Waals surface area contributed by atoms with Gasteiger partial charge in [0, 0.05) is 11.3 Å². The van der Waals surface area contributed by atoms with E-state index in [1.54, 1.807) is 37.3 Å². The summed E-state index contributed by atoms with van der Waals surface area (Å²) in [6.45, 7) is 1.79. The van der Waals surface area contributed by atoms with Crippen molar-refractivity contribution in [3.8, 4) is 5.75 Å². The third kappa shape index (κ3) is 1.95. The summed E-state index contributed by atoms with van der Waals surface area (Å²) in [7, 11) is 1.57. The number of nitrogens with one attached hydrogen (secondary N) is 2. The number of nitrogens with zero attached hydrogens (tertiary/aromatic N) is 1. The quantitative estimate of drug-likeness (QED) is 0.802. The molecule has 7 nitrogen and oxygen atoms in total. The largest absolute Gasteiger partial charge is 0.497 e. The van der Waals surface area contributed by atoms with E-state index in [1.807, 2.05) is 6.07 Å². The number of anilines is 1. The fourth-order valence-corrected chi connectivity index (χ4v) is 4.27. The monoisotopic (exact) mass is 333 g/mol. The zero-order valence-corrected chi connectivity index (χ0v) is 13.4. The first-order valence-corrected chi connectivity index (χ1v) is 8.12. The van der Waals surface area contributed by atoms with Crippen molar-refractivity contribution in [3.05, 3.63) is 35.6 Å². The van der Waals surface area contributed by atoms with Gasteiger partial charge in [0.1, 0.15) is 17.7 Å². The maximum Gasteiger partial charge on any atom is 0.263 e. The second kappa shape index (κ2) is 4.90. The van der Waals surface area contributed by atoms with Crippen LogP contribution in [0.2, 0.25) is 0 Å². The molecule has 0 aliphatic carbocycles. The molecule has 2 N–H and O–H groups in total. The number of ether oxygens (including phenoxy) is 1. The summed E-state index contributed by atoms with van der Waals surface area (Å²) < 4.78 is 5.29. The number of amides is 2. The van der Waals surface area contributed by atoms with E-state index in [0.29, 0.717) is 17.2 Å². The van der Waals surface area contributed by atoms with Crippen LogP contribution >= 0.6 is 11.8 Å². The first-order chi connectivity index (χ1) is 11.0. The van der Waals surface area contributed by atoms with Crippen molar-refractivity contribution in [2.45, 2.75) is 18.0 Å². The highest BCUT2D eigenvalue weighted by atomic mass is 32.2. The van der Waals surface area contributed by atoms with Gasteiger partial charge in [0.05, 0.1) is 12.9 Å². The number of allylic oxidation sites excluding steroid dienone is 1. The van der Waals surface area contributed by atoms with Crippen molar-refractivity contribution in [3.63, 3.8) is 0 Å². The van der Waals surface area contributed by atoms with E-state index in [4.69, 9.17) is 9.57 Å². The van der Waals surface area contributed by atoms with Crippen molar-refractivity contribution in [2.24, 2.45) is 0 Å². The first-order valence-electron chi connectivity index (χ1n) is 7.13. The summed E-state index contributed by atoms with van der Waals surface area (Å²) in [5.41, 5.74) is 1.43. The Morgan fingerprint density at radius 1 is 1.43 bits per heavy atom. The van der Waals surface area contributed by atoms with E-state index in [2.05, 4.69) is 10.6 Å². The van der Waals surface area contributed by atoms with Gasteiger partial charge in [0.2, 0.25) is 10.8 Å². The summed E-state index contributed by atoms with van der Waals surface area (Å²) in [5.74, 6) is 1.08. The average Bonchev–Trinajstić information content (AvgIpc) is 2.98. The molecule has 1 fully saturated rings. The average molecular weight is 333 g/mol. The number of carbonyl (C=O) groups excluding carboxylic acids is 2. The standard InChI is InChI=1S/C15H15N3O4S/c1-8-5-12-17-13(19)7-23-15(18(12)22-8)10-6-9(21-2)3-4-11(10)16-14(15)20/h3-6,12H,7H2,1-2H3,(H,16,20)(H,17,19). The van der Waals surface area contributed by atoms with Gasteiger partial charge >= 0.3 is 0 Å². The molecule has 23 heavy (non-hydrogen) atoms. The minimum absolute atomic E-state index is 0.138. The van der Waals surface area contributed by atoms with Crippen LogP contribution in [-0.2, 0) is 19.3 Å². The lowest BCUT2D eigenvalue weighted by molar-refractivity contribution is -0.176. The summed E-state index contributed by atoms with van der Waals surface area (Å²) in [5, 5.41) is 7.29. The van der Waals surface area contributed by atoms with Crippen molar-refractivity contribution >= 4 is 29.3 Å². The van der Waals surface area contributed by atoms with E-state index in [9.17, 15) is 9.59 Å². The third-order valence-corrected chi connectivity index (χ3v) is 5.48. The number of hydroxylamine groups is 2. The molecular weight excluding hydrogens is 318 g/mol. The van der Waals surface area contributed by atoms with Crippen molar-refractivity contribution < 1.29 is 19.2 Å². The first kappa shape index (κ1) is 14.4. The van der Waals surface area contributed by atoms with Gasteiger partial charge in [0.15, 0.2) is 0 Å². The lowest BCUT2D eigenvalue weighted by Crippen LogP contribution is -2.53. The highest BCUT2D eigenvalue weighted by Crippen LogP contribution is 2.52. The van der Waals surface area contributed by atoms with Crippen LogP contribution in [0.3, 0.4) is 0 Å². The summed E-state index contributed by atoms with van der Waals surface area (Å²) in [4.78, 5) is 29.5. The molecule has 1 aromatic carbocycles. The molecule has 2 unspecified atom stereocenters. The molecule has 120 valence electrons. The van der Waals surface area contributed by atoms with Gasteiger partial charge in [0.25, 0.3) is 5.91 Å². The molecule has 3 aliphatic rings. The Morgan fingerprint density at radius 2 is 2.26 bits per heavy atom. The van der Waals surface area contributed by atoms with Crippen LogP contribution in [-0.4, -0.2) is 35.9 Å². The minimum Gasteiger partial charge on any atom is -0.497 e. The van der Waals surface area contributed by atoms with E-state index in [0.717, 1.165) is 5.56 Å². The molecular formula is C15H15N3O4S. The van der Waals surface area contributed by atoms with E-state index >= 15 is 0 Å². The molecule has 1 spiro atoms.